The number of rotatable bonds is 4. The Labute approximate surface area is 168 Å². The van der Waals surface area contributed by atoms with Crippen LogP contribution in [-0.2, 0) is 17.6 Å². The molecule has 4 rings (SSSR count). The minimum Gasteiger partial charge on any atom is -0.457 e. The third kappa shape index (κ3) is 3.78. The quantitative estimate of drug-likeness (QED) is 0.587. The number of anilines is 1. The van der Waals surface area contributed by atoms with Crippen molar-refractivity contribution in [2.24, 2.45) is 5.92 Å². The Hall–Kier alpha value is -3.10. The largest absolute Gasteiger partial charge is 0.457 e. The molecule has 0 saturated heterocycles. The molecule has 2 heterocycles. The van der Waals surface area contributed by atoms with Gasteiger partial charge in [-0.2, -0.15) is 5.26 Å². The van der Waals surface area contributed by atoms with Crippen LogP contribution in [0.4, 0.5) is 5.00 Å². The van der Waals surface area contributed by atoms with Gasteiger partial charge in [0.2, 0.25) is 5.91 Å². The van der Waals surface area contributed by atoms with E-state index in [1.165, 1.54) is 22.3 Å². The van der Waals surface area contributed by atoms with Crippen molar-refractivity contribution in [3.05, 3.63) is 70.3 Å². The molecule has 1 unspecified atom stereocenters. The molecule has 0 radical (unpaired) electrons. The minimum atomic E-state index is -0.263. The van der Waals surface area contributed by atoms with Gasteiger partial charge in [-0.25, -0.2) is 0 Å². The van der Waals surface area contributed by atoms with Gasteiger partial charge in [0.25, 0.3) is 0 Å². The number of amides is 1. The summed E-state index contributed by atoms with van der Waals surface area (Å²) in [6, 6.07) is 15.8. The number of nitrogens with one attached hydrogen (secondary N) is 1. The van der Waals surface area contributed by atoms with Crippen LogP contribution in [0.2, 0.25) is 0 Å². The highest BCUT2D eigenvalue weighted by atomic mass is 32.1. The van der Waals surface area contributed by atoms with Crippen molar-refractivity contribution in [2.75, 3.05) is 5.32 Å². The van der Waals surface area contributed by atoms with E-state index in [0.717, 1.165) is 36.1 Å². The molecule has 3 aromatic rings. The maximum Gasteiger partial charge on any atom is 0.249 e. The molecule has 1 aromatic carbocycles. The molecular formula is C23H20N2O2S. The van der Waals surface area contributed by atoms with E-state index in [4.69, 9.17) is 4.42 Å². The summed E-state index contributed by atoms with van der Waals surface area (Å²) in [4.78, 5) is 13.6. The minimum absolute atomic E-state index is 0.263. The van der Waals surface area contributed by atoms with E-state index in [0.29, 0.717) is 22.2 Å². The van der Waals surface area contributed by atoms with Gasteiger partial charge < -0.3 is 9.73 Å². The van der Waals surface area contributed by atoms with Crippen molar-refractivity contribution in [2.45, 2.75) is 26.2 Å². The molecule has 140 valence electrons. The predicted molar refractivity (Wildman–Crippen MR) is 112 cm³/mol. The number of carbonyl (C=O) groups is 1. The molecule has 5 heteroatoms. The fourth-order valence-electron chi connectivity index (χ4n) is 3.47. The number of benzene rings is 1. The number of fused-ring (bicyclic) bond motifs is 1. The highest BCUT2D eigenvalue weighted by molar-refractivity contribution is 7.16. The lowest BCUT2D eigenvalue weighted by Crippen LogP contribution is -2.10. The molecule has 0 fully saturated rings. The van der Waals surface area contributed by atoms with Crippen LogP contribution in [0, 0.1) is 17.2 Å². The van der Waals surface area contributed by atoms with E-state index in [1.807, 2.05) is 42.5 Å². The molecule has 0 aliphatic heterocycles. The van der Waals surface area contributed by atoms with Crippen molar-refractivity contribution >= 4 is 28.3 Å². The second-order valence-corrected chi connectivity index (χ2v) is 8.16. The predicted octanol–water partition coefficient (Wildman–Crippen LogP) is 5.66. The van der Waals surface area contributed by atoms with Crippen molar-refractivity contribution in [3.8, 4) is 17.4 Å². The van der Waals surface area contributed by atoms with Crippen molar-refractivity contribution in [1.82, 2.24) is 0 Å². The molecule has 1 atom stereocenters. The zero-order chi connectivity index (χ0) is 19.5. The molecule has 28 heavy (non-hydrogen) atoms. The van der Waals surface area contributed by atoms with Gasteiger partial charge in [0, 0.05) is 16.5 Å². The van der Waals surface area contributed by atoms with E-state index in [-0.39, 0.29) is 5.91 Å². The lowest BCUT2D eigenvalue weighted by Gasteiger charge is -2.17. The molecule has 1 N–H and O–H groups in total. The van der Waals surface area contributed by atoms with Crippen LogP contribution in [0.15, 0.2) is 53.0 Å². The van der Waals surface area contributed by atoms with Crippen molar-refractivity contribution in [1.29, 1.82) is 5.26 Å². The van der Waals surface area contributed by atoms with Crippen LogP contribution in [-0.4, -0.2) is 5.91 Å². The maximum atomic E-state index is 12.4. The first-order valence-electron chi connectivity index (χ1n) is 9.33. The monoisotopic (exact) mass is 388 g/mol. The number of hydrogen-bond acceptors (Lipinski definition) is 4. The first kappa shape index (κ1) is 18.3. The third-order valence-electron chi connectivity index (χ3n) is 4.94. The molecule has 0 spiro atoms. The number of carbonyl (C=O) groups excluding carboxylic acids is 1. The highest BCUT2D eigenvalue weighted by Crippen LogP contribution is 2.39. The summed E-state index contributed by atoms with van der Waals surface area (Å²) in [5, 5.41) is 13.1. The van der Waals surface area contributed by atoms with Gasteiger partial charge in [-0.15, -0.1) is 11.3 Å². The van der Waals surface area contributed by atoms with E-state index in [2.05, 4.69) is 18.3 Å². The second-order valence-electron chi connectivity index (χ2n) is 7.06. The van der Waals surface area contributed by atoms with Crippen LogP contribution in [0.3, 0.4) is 0 Å². The lowest BCUT2D eigenvalue weighted by atomic mass is 9.89. The summed E-state index contributed by atoms with van der Waals surface area (Å²) in [6.07, 6.45) is 6.07. The zero-order valence-corrected chi connectivity index (χ0v) is 16.4. The van der Waals surface area contributed by atoms with E-state index in [9.17, 15) is 10.1 Å². The number of nitriles is 1. The molecule has 1 amide bonds. The normalized spacial score (nSPS) is 15.9. The average molecular weight is 388 g/mol. The smallest absolute Gasteiger partial charge is 0.249 e. The second kappa shape index (κ2) is 7.87. The molecule has 1 aliphatic carbocycles. The Balaban J connectivity index is 1.47. The van der Waals surface area contributed by atoms with E-state index < -0.39 is 0 Å². The average Bonchev–Trinajstić information content (AvgIpc) is 3.31. The lowest BCUT2D eigenvalue weighted by molar-refractivity contribution is -0.111. The van der Waals surface area contributed by atoms with Gasteiger partial charge in [-0.1, -0.05) is 37.3 Å². The summed E-state index contributed by atoms with van der Waals surface area (Å²) >= 11 is 1.53. The molecule has 2 aromatic heterocycles. The number of furan rings is 1. The van der Waals surface area contributed by atoms with Gasteiger partial charge >= 0.3 is 0 Å². The summed E-state index contributed by atoms with van der Waals surface area (Å²) in [5.74, 6) is 1.72. The van der Waals surface area contributed by atoms with Gasteiger partial charge in [0.15, 0.2) is 0 Å². The fourth-order valence-corrected chi connectivity index (χ4v) is 4.83. The van der Waals surface area contributed by atoms with Crippen molar-refractivity contribution < 1.29 is 9.21 Å². The van der Waals surface area contributed by atoms with Gasteiger partial charge in [-0.3, -0.25) is 4.79 Å². The number of nitrogens with zero attached hydrogens (tertiary/aromatic N) is 1. The summed E-state index contributed by atoms with van der Waals surface area (Å²) in [7, 11) is 0. The van der Waals surface area contributed by atoms with Crippen LogP contribution in [0.1, 0.15) is 35.1 Å². The topological polar surface area (TPSA) is 66.0 Å². The first-order chi connectivity index (χ1) is 13.6. The molecule has 4 nitrogen and oxygen atoms in total. The van der Waals surface area contributed by atoms with E-state index >= 15 is 0 Å². The Morgan fingerprint density at radius 2 is 2.11 bits per heavy atom. The standard InChI is InChI=1S/C23H20N2O2S/c1-15-7-10-18-19(14-24)23(28-21(18)13-15)25-22(26)12-9-17-8-11-20(27-17)16-5-3-2-4-6-16/h2-6,8-9,11-12,15H,7,10,13H2,1H3,(H,25,26)/b12-9+. The first-order valence-corrected chi connectivity index (χ1v) is 10.1. The summed E-state index contributed by atoms with van der Waals surface area (Å²) < 4.78 is 5.78. The van der Waals surface area contributed by atoms with Gasteiger partial charge in [0.1, 0.15) is 22.6 Å². The molecule has 0 bridgehead atoms. The maximum absolute atomic E-state index is 12.4. The molecule has 0 saturated carbocycles. The van der Waals surface area contributed by atoms with Crippen LogP contribution < -0.4 is 5.32 Å². The SMILES string of the molecule is CC1CCc2c(sc(NC(=O)/C=C/c3ccc(-c4ccccc4)o3)c2C#N)C1. The van der Waals surface area contributed by atoms with Crippen LogP contribution >= 0.6 is 11.3 Å². The Kier molecular flexibility index (Phi) is 5.14. The number of thiophene rings is 1. The molecule has 1 aliphatic rings. The van der Waals surface area contributed by atoms with Crippen molar-refractivity contribution in [3.63, 3.8) is 0 Å². The van der Waals surface area contributed by atoms with Gasteiger partial charge in [0.05, 0.1) is 5.56 Å². The van der Waals surface area contributed by atoms with E-state index in [1.54, 1.807) is 6.08 Å². The summed E-state index contributed by atoms with van der Waals surface area (Å²) in [6.45, 7) is 2.22. The zero-order valence-electron chi connectivity index (χ0n) is 15.6. The summed E-state index contributed by atoms with van der Waals surface area (Å²) in [5.41, 5.74) is 2.73. The third-order valence-corrected chi connectivity index (χ3v) is 6.11. The Bertz CT molecular complexity index is 1070. The fraction of sp³-hybridized carbons (Fsp3) is 0.217. The number of hydrogen-bond donors (Lipinski definition) is 1. The van der Waals surface area contributed by atoms with Gasteiger partial charge in [-0.05, 0) is 49.0 Å². The van der Waals surface area contributed by atoms with Crippen LogP contribution in [0.5, 0.6) is 0 Å². The van der Waals surface area contributed by atoms with Crippen LogP contribution in [0.25, 0.3) is 17.4 Å². The molecular weight excluding hydrogens is 368 g/mol. The highest BCUT2D eigenvalue weighted by Gasteiger charge is 2.24. The Morgan fingerprint density at radius 1 is 1.29 bits per heavy atom. The Morgan fingerprint density at radius 3 is 2.89 bits per heavy atom.